The molecule has 0 spiro atoms. The van der Waals surface area contributed by atoms with Crippen molar-refractivity contribution in [3.63, 3.8) is 0 Å². The third-order valence-electron chi connectivity index (χ3n) is 3.51. The zero-order chi connectivity index (χ0) is 14.8. The minimum Gasteiger partial charge on any atom is -0.393 e. The van der Waals surface area contributed by atoms with Gasteiger partial charge in [0, 0.05) is 6.54 Å². The summed E-state index contributed by atoms with van der Waals surface area (Å²) in [6.07, 6.45) is -1.47. The minimum atomic E-state index is -4.43. The van der Waals surface area contributed by atoms with E-state index in [1.54, 1.807) is 0 Å². The molecule has 112 valence electrons. The number of aliphatic hydroxyl groups excluding tert-OH is 1. The van der Waals surface area contributed by atoms with Gasteiger partial charge in [-0.15, -0.1) is 0 Å². The summed E-state index contributed by atoms with van der Waals surface area (Å²) in [7, 11) is 0. The molecule has 1 aromatic heterocycles. The van der Waals surface area contributed by atoms with Crippen molar-refractivity contribution < 1.29 is 18.3 Å². The van der Waals surface area contributed by atoms with Gasteiger partial charge < -0.3 is 10.4 Å². The Labute approximate surface area is 120 Å². The fourth-order valence-electron chi connectivity index (χ4n) is 2.35. The number of aromatic nitrogens is 1. The lowest BCUT2D eigenvalue weighted by Gasteiger charge is -2.25. The lowest BCUT2D eigenvalue weighted by molar-refractivity contribution is -0.137. The number of nitrogens with one attached hydrogen (secondary N) is 1. The summed E-state index contributed by atoms with van der Waals surface area (Å²) in [5, 5.41) is 12.1. The van der Waals surface area contributed by atoms with E-state index < -0.39 is 11.7 Å². The van der Waals surface area contributed by atoms with E-state index in [2.05, 4.69) is 10.3 Å². The number of alkyl halides is 3. The second kappa shape index (κ2) is 6.18. The number of hydrogen-bond donors (Lipinski definition) is 2. The Bertz CT molecular complexity index is 459. The molecule has 1 aliphatic carbocycles. The van der Waals surface area contributed by atoms with Crippen LogP contribution in [0.2, 0.25) is 5.15 Å². The number of aliphatic hydroxyl groups is 1. The normalized spacial score (nSPS) is 23.6. The third kappa shape index (κ3) is 4.24. The Balaban J connectivity index is 1.97. The molecule has 0 amide bonds. The van der Waals surface area contributed by atoms with Crippen molar-refractivity contribution in [1.82, 2.24) is 4.98 Å². The maximum absolute atomic E-state index is 12.6. The van der Waals surface area contributed by atoms with Gasteiger partial charge in [0.2, 0.25) is 0 Å². The molecule has 1 aromatic rings. The minimum absolute atomic E-state index is 0.135. The molecule has 0 saturated heterocycles. The van der Waals surface area contributed by atoms with Crippen LogP contribution in [-0.2, 0) is 6.18 Å². The molecule has 0 atom stereocenters. The zero-order valence-corrected chi connectivity index (χ0v) is 11.5. The van der Waals surface area contributed by atoms with Gasteiger partial charge in [0.15, 0.2) is 0 Å². The molecule has 3 nitrogen and oxygen atoms in total. The van der Waals surface area contributed by atoms with Crippen LogP contribution in [0.25, 0.3) is 0 Å². The van der Waals surface area contributed by atoms with Crippen LogP contribution in [0.5, 0.6) is 0 Å². The molecule has 20 heavy (non-hydrogen) atoms. The summed E-state index contributed by atoms with van der Waals surface area (Å²) in [6.45, 7) is 0.539. The molecular weight excluding hydrogens is 293 g/mol. The highest BCUT2D eigenvalue weighted by Gasteiger charge is 2.31. The van der Waals surface area contributed by atoms with Crippen LogP contribution in [0.3, 0.4) is 0 Å². The van der Waals surface area contributed by atoms with E-state index in [4.69, 9.17) is 11.6 Å². The molecule has 2 rings (SSSR count). The highest BCUT2D eigenvalue weighted by atomic mass is 35.5. The van der Waals surface area contributed by atoms with Gasteiger partial charge in [0.25, 0.3) is 0 Å². The van der Waals surface area contributed by atoms with Gasteiger partial charge in [0.1, 0.15) is 11.0 Å². The zero-order valence-electron chi connectivity index (χ0n) is 10.8. The fourth-order valence-corrected chi connectivity index (χ4v) is 2.56. The molecule has 0 bridgehead atoms. The van der Waals surface area contributed by atoms with Crippen molar-refractivity contribution >= 4 is 17.4 Å². The number of halogens is 4. The first kappa shape index (κ1) is 15.4. The van der Waals surface area contributed by atoms with Crippen LogP contribution in [0, 0.1) is 5.92 Å². The van der Waals surface area contributed by atoms with Crippen LogP contribution in [0.15, 0.2) is 12.1 Å². The number of pyridine rings is 1. The third-order valence-corrected chi connectivity index (χ3v) is 3.70. The Kier molecular flexibility index (Phi) is 4.75. The SMILES string of the molecule is OC1CCC(CNc2cc(C(F)(F)F)cc(Cl)n2)CC1. The van der Waals surface area contributed by atoms with E-state index in [1.165, 1.54) is 0 Å². The molecular formula is C13H16ClF3N2O. The Hall–Kier alpha value is -1.01. The topological polar surface area (TPSA) is 45.1 Å². The molecule has 1 heterocycles. The average Bonchev–Trinajstić information content (AvgIpc) is 2.36. The maximum Gasteiger partial charge on any atom is 0.416 e. The van der Waals surface area contributed by atoms with Crippen molar-refractivity contribution in [2.75, 3.05) is 11.9 Å². The molecule has 2 N–H and O–H groups in total. The Morgan fingerprint density at radius 3 is 2.50 bits per heavy atom. The maximum atomic E-state index is 12.6. The first-order valence-electron chi connectivity index (χ1n) is 6.51. The van der Waals surface area contributed by atoms with E-state index in [0.29, 0.717) is 12.5 Å². The van der Waals surface area contributed by atoms with Crippen LogP contribution < -0.4 is 5.32 Å². The van der Waals surface area contributed by atoms with E-state index >= 15 is 0 Å². The van der Waals surface area contributed by atoms with Crippen molar-refractivity contribution in [3.8, 4) is 0 Å². The van der Waals surface area contributed by atoms with Gasteiger partial charge in [-0.05, 0) is 43.7 Å². The van der Waals surface area contributed by atoms with Gasteiger partial charge in [-0.3, -0.25) is 0 Å². The van der Waals surface area contributed by atoms with Crippen molar-refractivity contribution in [1.29, 1.82) is 0 Å². The van der Waals surface area contributed by atoms with Crippen LogP contribution in [-0.4, -0.2) is 22.7 Å². The predicted octanol–water partition coefficient (Wildman–Crippen LogP) is 3.72. The summed E-state index contributed by atoms with van der Waals surface area (Å²) in [6, 6.07) is 1.77. The molecule has 1 aliphatic rings. The molecule has 0 aromatic carbocycles. The molecule has 7 heteroatoms. The highest BCUT2D eigenvalue weighted by molar-refractivity contribution is 6.29. The number of hydrogen-bond acceptors (Lipinski definition) is 3. The summed E-state index contributed by atoms with van der Waals surface area (Å²) >= 11 is 5.61. The Morgan fingerprint density at radius 1 is 1.25 bits per heavy atom. The van der Waals surface area contributed by atoms with E-state index in [1.807, 2.05) is 0 Å². The number of nitrogens with zero attached hydrogens (tertiary/aromatic N) is 1. The quantitative estimate of drug-likeness (QED) is 0.837. The largest absolute Gasteiger partial charge is 0.416 e. The molecule has 0 radical (unpaired) electrons. The second-order valence-corrected chi connectivity index (χ2v) is 5.50. The molecule has 1 saturated carbocycles. The molecule has 0 aliphatic heterocycles. The van der Waals surface area contributed by atoms with Crippen molar-refractivity contribution in [2.45, 2.75) is 38.0 Å². The Morgan fingerprint density at radius 2 is 1.90 bits per heavy atom. The van der Waals surface area contributed by atoms with Crippen molar-refractivity contribution in [3.05, 3.63) is 22.8 Å². The van der Waals surface area contributed by atoms with Crippen molar-refractivity contribution in [2.24, 2.45) is 5.92 Å². The number of anilines is 1. The summed E-state index contributed by atoms with van der Waals surface area (Å²) in [5.41, 5.74) is -0.806. The first-order valence-corrected chi connectivity index (χ1v) is 6.89. The predicted molar refractivity (Wildman–Crippen MR) is 70.7 cm³/mol. The van der Waals surface area contributed by atoms with Crippen LogP contribution in [0.4, 0.5) is 19.0 Å². The number of rotatable bonds is 3. The lowest BCUT2D eigenvalue weighted by Crippen LogP contribution is -2.24. The van der Waals surface area contributed by atoms with E-state index in [-0.39, 0.29) is 17.1 Å². The van der Waals surface area contributed by atoms with Crippen LogP contribution >= 0.6 is 11.6 Å². The summed E-state index contributed by atoms with van der Waals surface area (Å²) < 4.78 is 37.9. The highest BCUT2D eigenvalue weighted by Crippen LogP contribution is 2.32. The summed E-state index contributed by atoms with van der Waals surface area (Å²) in [5.74, 6) is 0.476. The van der Waals surface area contributed by atoms with Gasteiger partial charge in [0.05, 0.1) is 11.7 Å². The summed E-state index contributed by atoms with van der Waals surface area (Å²) in [4.78, 5) is 3.85. The van der Waals surface area contributed by atoms with E-state index in [0.717, 1.165) is 37.8 Å². The van der Waals surface area contributed by atoms with E-state index in [9.17, 15) is 18.3 Å². The first-order chi connectivity index (χ1) is 9.34. The van der Waals surface area contributed by atoms with Gasteiger partial charge >= 0.3 is 6.18 Å². The van der Waals surface area contributed by atoms with Gasteiger partial charge in [-0.1, -0.05) is 11.6 Å². The molecule has 0 unspecified atom stereocenters. The fraction of sp³-hybridized carbons (Fsp3) is 0.615. The van der Waals surface area contributed by atoms with Gasteiger partial charge in [-0.2, -0.15) is 13.2 Å². The lowest BCUT2D eigenvalue weighted by atomic mass is 9.87. The molecule has 1 fully saturated rings. The second-order valence-electron chi connectivity index (χ2n) is 5.12. The van der Waals surface area contributed by atoms with Gasteiger partial charge in [-0.25, -0.2) is 4.98 Å². The van der Waals surface area contributed by atoms with Crippen LogP contribution in [0.1, 0.15) is 31.2 Å². The smallest absolute Gasteiger partial charge is 0.393 e. The monoisotopic (exact) mass is 308 g/mol. The standard InChI is InChI=1S/C13H16ClF3N2O/c14-11-5-9(13(15,16)17)6-12(19-11)18-7-8-1-3-10(20)4-2-8/h5-6,8,10,20H,1-4,7H2,(H,18,19). The average molecular weight is 309 g/mol.